The van der Waals surface area contributed by atoms with Gasteiger partial charge in [-0.15, -0.1) is 0 Å². The molecule has 2 aromatic carbocycles. The lowest BCUT2D eigenvalue weighted by atomic mass is 10.1. The molecule has 0 unspecified atom stereocenters. The second kappa shape index (κ2) is 13.1. The summed E-state index contributed by atoms with van der Waals surface area (Å²) in [6.07, 6.45) is 4.85. The van der Waals surface area contributed by atoms with Crippen LogP contribution < -0.4 is 10.2 Å². The molecule has 0 aliphatic carbocycles. The van der Waals surface area contributed by atoms with Gasteiger partial charge < -0.3 is 15.1 Å². The average molecular weight is 623 g/mol. The van der Waals surface area contributed by atoms with E-state index in [2.05, 4.69) is 26.8 Å². The minimum Gasteiger partial charge on any atom is -0.367 e. The Morgan fingerprint density at radius 3 is 2.52 bits per heavy atom. The Bertz CT molecular complexity index is 1630. The summed E-state index contributed by atoms with van der Waals surface area (Å²) < 4.78 is 0. The molecule has 2 aliphatic rings. The van der Waals surface area contributed by atoms with Crippen LogP contribution >= 0.6 is 35.0 Å². The van der Waals surface area contributed by atoms with Crippen LogP contribution in [0.2, 0.25) is 10.0 Å². The van der Waals surface area contributed by atoms with Crippen molar-refractivity contribution < 1.29 is 14.4 Å². The number of nitrogens with zero attached hydrogens (tertiary/aromatic N) is 4. The Balaban J connectivity index is 1.25. The molecule has 0 radical (unpaired) electrons. The number of carbonyl (C=O) groups excluding carboxylic acids is 3. The number of carbonyl (C=O) groups is 3. The Hall–Kier alpha value is -3.66. The van der Waals surface area contributed by atoms with Gasteiger partial charge in [0.1, 0.15) is 0 Å². The van der Waals surface area contributed by atoms with Gasteiger partial charge in [-0.05, 0) is 72.7 Å². The van der Waals surface area contributed by atoms with Crippen LogP contribution in [-0.2, 0) is 14.4 Å². The highest BCUT2D eigenvalue weighted by Gasteiger charge is 2.25. The standard InChI is InChI=1S/C31H29Cl2N5O3S/c1-19(2)26(39)7-4-8-28(40)38-15-13-37(14-16-38)25-11-12-34-24-10-9-20(17-21(24)25)18-27-30(41)36-31(42-27)35-29-22(32)5-3-6-23(29)33/h3,5-6,9-12,17-18H,1,4,7-8,13-16H2,2H3,(H,35,36,41). The fourth-order valence-corrected chi connectivity index (χ4v) is 6.13. The predicted molar refractivity (Wildman–Crippen MR) is 172 cm³/mol. The van der Waals surface area contributed by atoms with Crippen LogP contribution in [0.3, 0.4) is 0 Å². The molecule has 216 valence electrons. The average Bonchev–Trinajstić information content (AvgIpc) is 3.32. The number of halogens is 2. The van der Waals surface area contributed by atoms with Gasteiger partial charge in [-0.3, -0.25) is 19.4 Å². The Labute approximate surface area is 258 Å². The van der Waals surface area contributed by atoms with Crippen molar-refractivity contribution in [1.82, 2.24) is 9.88 Å². The number of thioether (sulfide) groups is 1. The lowest BCUT2D eigenvalue weighted by Crippen LogP contribution is -2.48. The Morgan fingerprint density at radius 1 is 1.07 bits per heavy atom. The van der Waals surface area contributed by atoms with Crippen molar-refractivity contribution in [3.05, 3.63) is 81.3 Å². The topological polar surface area (TPSA) is 95.0 Å². The van der Waals surface area contributed by atoms with Crippen LogP contribution in [0.4, 0.5) is 11.4 Å². The quantitative estimate of drug-likeness (QED) is 0.284. The number of para-hydroxylation sites is 1. The largest absolute Gasteiger partial charge is 0.367 e. The molecule has 1 N–H and O–H groups in total. The molecule has 0 atom stereocenters. The van der Waals surface area contributed by atoms with E-state index in [0.717, 1.165) is 22.2 Å². The fourth-order valence-electron chi connectivity index (χ4n) is 4.82. The summed E-state index contributed by atoms with van der Waals surface area (Å²) >= 11 is 13.7. The molecule has 11 heteroatoms. The molecule has 1 aromatic heterocycles. The van der Waals surface area contributed by atoms with Crippen LogP contribution in [0.5, 0.6) is 0 Å². The van der Waals surface area contributed by atoms with Gasteiger partial charge in [-0.1, -0.05) is 41.9 Å². The van der Waals surface area contributed by atoms with Crippen LogP contribution in [0.25, 0.3) is 17.0 Å². The van der Waals surface area contributed by atoms with Crippen molar-refractivity contribution in [2.24, 2.45) is 4.99 Å². The predicted octanol–water partition coefficient (Wildman–Crippen LogP) is 6.59. The summed E-state index contributed by atoms with van der Waals surface area (Å²) in [5.74, 6) is -0.263. The summed E-state index contributed by atoms with van der Waals surface area (Å²) in [5.41, 5.74) is 3.74. The molecular formula is C31H29Cl2N5O3S. The van der Waals surface area contributed by atoms with Gasteiger partial charge in [0.25, 0.3) is 5.91 Å². The zero-order valence-corrected chi connectivity index (χ0v) is 25.4. The first-order valence-corrected chi connectivity index (χ1v) is 15.1. The molecule has 3 heterocycles. The van der Waals surface area contributed by atoms with Gasteiger partial charge in [0.2, 0.25) is 5.91 Å². The molecule has 8 nitrogen and oxygen atoms in total. The number of hydrogen-bond donors (Lipinski definition) is 1. The zero-order valence-electron chi connectivity index (χ0n) is 23.0. The fraction of sp³-hybridized carbons (Fsp3) is 0.258. The minimum atomic E-state index is -0.345. The highest BCUT2D eigenvalue weighted by Crippen LogP contribution is 2.35. The number of rotatable bonds is 8. The molecule has 0 bridgehead atoms. The summed E-state index contributed by atoms with van der Waals surface area (Å²) in [7, 11) is 0. The van der Waals surface area contributed by atoms with E-state index in [0.29, 0.717) is 76.8 Å². The number of nitrogens with one attached hydrogen (secondary N) is 1. The molecular weight excluding hydrogens is 593 g/mol. The number of ketones is 1. The van der Waals surface area contributed by atoms with Gasteiger partial charge in [-0.25, -0.2) is 0 Å². The van der Waals surface area contributed by atoms with E-state index >= 15 is 0 Å². The molecule has 1 saturated heterocycles. The third-order valence-corrected chi connectivity index (χ3v) is 8.63. The van der Waals surface area contributed by atoms with Gasteiger partial charge >= 0.3 is 0 Å². The summed E-state index contributed by atoms with van der Waals surface area (Å²) in [6, 6.07) is 13.0. The van der Waals surface area contributed by atoms with Crippen LogP contribution in [0, 0.1) is 0 Å². The van der Waals surface area contributed by atoms with Gasteiger partial charge in [-0.2, -0.15) is 4.99 Å². The first kappa shape index (κ1) is 29.8. The molecule has 2 amide bonds. The number of piperazine rings is 1. The Kier molecular flexibility index (Phi) is 9.30. The number of aromatic nitrogens is 1. The number of fused-ring (bicyclic) bond motifs is 1. The second-order valence-corrected chi connectivity index (χ2v) is 11.9. The molecule has 5 rings (SSSR count). The number of pyridine rings is 1. The molecule has 2 aliphatic heterocycles. The zero-order chi connectivity index (χ0) is 29.8. The van der Waals surface area contributed by atoms with E-state index < -0.39 is 0 Å². The minimum absolute atomic E-state index is 0.00901. The third-order valence-electron chi connectivity index (χ3n) is 7.10. The summed E-state index contributed by atoms with van der Waals surface area (Å²) in [6.45, 7) is 7.94. The van der Waals surface area contributed by atoms with E-state index in [1.54, 1.807) is 31.3 Å². The van der Waals surface area contributed by atoms with Crippen LogP contribution in [0.1, 0.15) is 31.7 Å². The normalized spacial score (nSPS) is 16.2. The number of anilines is 2. The van der Waals surface area contributed by atoms with E-state index in [9.17, 15) is 14.4 Å². The molecule has 42 heavy (non-hydrogen) atoms. The molecule has 1 fully saturated rings. The van der Waals surface area contributed by atoms with Gasteiger partial charge in [0.15, 0.2) is 11.0 Å². The first-order chi connectivity index (χ1) is 20.2. The van der Waals surface area contributed by atoms with Gasteiger partial charge in [0.05, 0.1) is 26.2 Å². The third kappa shape index (κ3) is 6.86. The van der Waals surface area contributed by atoms with Crippen molar-refractivity contribution >= 4 is 86.1 Å². The second-order valence-electron chi connectivity index (χ2n) is 10.1. The van der Waals surface area contributed by atoms with E-state index in [1.165, 1.54) is 11.8 Å². The number of amidine groups is 1. The van der Waals surface area contributed by atoms with Crippen LogP contribution in [0.15, 0.2) is 70.7 Å². The van der Waals surface area contributed by atoms with Crippen molar-refractivity contribution in [3.63, 3.8) is 0 Å². The highest BCUT2D eigenvalue weighted by atomic mass is 35.5. The molecule has 3 aromatic rings. The number of Topliss-reactive ketones (excluding diaryl/α,β-unsaturated/α-hetero) is 1. The maximum atomic E-state index is 12.7. The lowest BCUT2D eigenvalue weighted by molar-refractivity contribution is -0.131. The van der Waals surface area contributed by atoms with E-state index in [-0.39, 0.29) is 17.6 Å². The van der Waals surface area contributed by atoms with Crippen molar-refractivity contribution in [2.75, 3.05) is 36.4 Å². The maximum Gasteiger partial charge on any atom is 0.286 e. The first-order valence-electron chi connectivity index (χ1n) is 13.5. The smallest absolute Gasteiger partial charge is 0.286 e. The number of hydrogen-bond acceptors (Lipinski definition) is 7. The van der Waals surface area contributed by atoms with Gasteiger partial charge in [0, 0.05) is 56.3 Å². The highest BCUT2D eigenvalue weighted by molar-refractivity contribution is 8.18. The number of benzene rings is 2. The number of aliphatic imine (C=N–C) groups is 1. The summed E-state index contributed by atoms with van der Waals surface area (Å²) in [4.78, 5) is 50.4. The van der Waals surface area contributed by atoms with E-state index in [1.807, 2.05) is 35.2 Å². The number of amides is 2. The molecule has 0 spiro atoms. The van der Waals surface area contributed by atoms with Crippen LogP contribution in [-0.4, -0.2) is 58.8 Å². The molecule has 0 saturated carbocycles. The monoisotopic (exact) mass is 621 g/mol. The van der Waals surface area contributed by atoms with Crippen molar-refractivity contribution in [1.29, 1.82) is 0 Å². The summed E-state index contributed by atoms with van der Waals surface area (Å²) in [5, 5.41) is 5.30. The SMILES string of the molecule is C=C(C)C(=O)CCCC(=O)N1CCN(c2ccnc3ccc(C=C4SC(Nc5c(Cl)cccc5Cl)=NC4=O)cc23)CC1. The van der Waals surface area contributed by atoms with E-state index in [4.69, 9.17) is 23.2 Å². The number of allylic oxidation sites excluding steroid dienone is 1. The Morgan fingerprint density at radius 2 is 1.81 bits per heavy atom. The lowest BCUT2D eigenvalue weighted by Gasteiger charge is -2.36. The van der Waals surface area contributed by atoms with Crippen molar-refractivity contribution in [3.8, 4) is 0 Å². The maximum absolute atomic E-state index is 12.7. The van der Waals surface area contributed by atoms with Crippen molar-refractivity contribution in [2.45, 2.75) is 26.2 Å².